The summed E-state index contributed by atoms with van der Waals surface area (Å²) in [5, 5.41) is 1.13. The minimum atomic E-state index is -0.0874. The van der Waals surface area contributed by atoms with E-state index >= 15 is 0 Å². The van der Waals surface area contributed by atoms with Crippen molar-refractivity contribution in [3.63, 3.8) is 0 Å². The average Bonchev–Trinajstić information content (AvgIpc) is 3.23. The molecule has 4 nitrogen and oxygen atoms in total. The summed E-state index contributed by atoms with van der Waals surface area (Å²) in [6, 6.07) is 30.6. The van der Waals surface area contributed by atoms with Crippen LogP contribution in [-0.4, -0.2) is 27.2 Å². The van der Waals surface area contributed by atoms with Gasteiger partial charge < -0.3 is 4.90 Å². The van der Waals surface area contributed by atoms with Crippen molar-refractivity contribution < 1.29 is 4.79 Å². The van der Waals surface area contributed by atoms with Gasteiger partial charge in [-0.25, -0.2) is 4.98 Å². The number of rotatable bonds is 4. The number of para-hydroxylation sites is 1. The van der Waals surface area contributed by atoms with E-state index in [9.17, 15) is 4.79 Å². The van der Waals surface area contributed by atoms with Crippen molar-refractivity contribution in [2.75, 3.05) is 7.05 Å². The predicted octanol–water partition coefficient (Wildman–Crippen LogP) is 5.43. The molecule has 5 aromatic rings. The van der Waals surface area contributed by atoms with Gasteiger partial charge in [0.25, 0.3) is 5.91 Å². The maximum Gasteiger partial charge on any atom is 0.274 e. The van der Waals surface area contributed by atoms with E-state index in [4.69, 9.17) is 0 Å². The fourth-order valence-electron chi connectivity index (χ4n) is 3.94. The molecule has 0 atom stereocenters. The van der Waals surface area contributed by atoms with Crippen LogP contribution in [0.3, 0.4) is 0 Å². The summed E-state index contributed by atoms with van der Waals surface area (Å²) in [6.45, 7) is 0.540. The molecule has 4 heteroatoms. The van der Waals surface area contributed by atoms with E-state index in [1.807, 2.05) is 72.1 Å². The van der Waals surface area contributed by atoms with E-state index in [1.165, 1.54) is 0 Å². The second kappa shape index (κ2) is 7.48. The minimum absolute atomic E-state index is 0.0874. The van der Waals surface area contributed by atoms with Gasteiger partial charge in [0.1, 0.15) is 6.33 Å². The zero-order valence-electron chi connectivity index (χ0n) is 16.7. The van der Waals surface area contributed by atoms with Gasteiger partial charge in [0, 0.05) is 19.0 Å². The number of nitrogens with zero attached hydrogens (tertiary/aromatic N) is 3. The highest BCUT2D eigenvalue weighted by Crippen LogP contribution is 2.31. The lowest BCUT2D eigenvalue weighted by atomic mass is 10.00. The molecule has 0 saturated heterocycles. The minimum Gasteiger partial charge on any atom is -0.336 e. The molecule has 0 bridgehead atoms. The molecule has 1 amide bonds. The highest BCUT2D eigenvalue weighted by Gasteiger charge is 2.20. The normalized spacial score (nSPS) is 11.1. The third kappa shape index (κ3) is 3.12. The Morgan fingerprint density at radius 3 is 2.30 bits per heavy atom. The molecule has 0 saturated carbocycles. The molecule has 0 aliphatic heterocycles. The fourth-order valence-corrected chi connectivity index (χ4v) is 3.94. The van der Waals surface area contributed by atoms with Crippen LogP contribution in [0.1, 0.15) is 16.1 Å². The number of carbonyl (C=O) groups is 1. The van der Waals surface area contributed by atoms with Crippen molar-refractivity contribution in [2.24, 2.45) is 0 Å². The van der Waals surface area contributed by atoms with Crippen molar-refractivity contribution in [2.45, 2.75) is 6.54 Å². The SMILES string of the molecule is CN(Cc1ccccc1)C(=O)c1ncn2c1cc(-c1ccccc1)c1ccccc12. The van der Waals surface area contributed by atoms with Crippen molar-refractivity contribution >= 4 is 22.3 Å². The molecule has 0 N–H and O–H groups in total. The molecule has 146 valence electrons. The van der Waals surface area contributed by atoms with E-state index in [0.29, 0.717) is 12.2 Å². The van der Waals surface area contributed by atoms with Crippen molar-refractivity contribution in [3.8, 4) is 11.1 Å². The third-order valence-electron chi connectivity index (χ3n) is 5.44. The second-order valence-electron chi connectivity index (χ2n) is 7.44. The van der Waals surface area contributed by atoms with Crippen LogP contribution < -0.4 is 0 Å². The van der Waals surface area contributed by atoms with Gasteiger partial charge in [-0.05, 0) is 28.8 Å². The number of aromatic nitrogens is 2. The molecule has 0 radical (unpaired) electrons. The quantitative estimate of drug-likeness (QED) is 0.410. The van der Waals surface area contributed by atoms with Crippen LogP contribution in [-0.2, 0) is 6.54 Å². The molecule has 0 aliphatic carbocycles. The lowest BCUT2D eigenvalue weighted by Crippen LogP contribution is -2.26. The van der Waals surface area contributed by atoms with Crippen LogP contribution in [0.15, 0.2) is 97.3 Å². The van der Waals surface area contributed by atoms with Gasteiger partial charge >= 0.3 is 0 Å². The summed E-state index contributed by atoms with van der Waals surface area (Å²) in [4.78, 5) is 19.5. The molecule has 0 aliphatic rings. The molecule has 3 aromatic carbocycles. The Hall–Kier alpha value is -3.92. The maximum atomic E-state index is 13.3. The summed E-state index contributed by atoms with van der Waals surface area (Å²) < 4.78 is 2.01. The van der Waals surface area contributed by atoms with Gasteiger partial charge in [-0.3, -0.25) is 9.20 Å². The van der Waals surface area contributed by atoms with Crippen LogP contribution in [0.4, 0.5) is 0 Å². The Bertz CT molecular complexity index is 1340. The van der Waals surface area contributed by atoms with Gasteiger partial charge in [-0.2, -0.15) is 0 Å². The maximum absolute atomic E-state index is 13.3. The zero-order chi connectivity index (χ0) is 20.5. The molecular weight excluding hydrogens is 370 g/mol. The van der Waals surface area contributed by atoms with E-state index < -0.39 is 0 Å². The molecule has 0 spiro atoms. The number of hydrogen-bond acceptors (Lipinski definition) is 2. The van der Waals surface area contributed by atoms with Crippen molar-refractivity contribution in [1.82, 2.24) is 14.3 Å². The smallest absolute Gasteiger partial charge is 0.274 e. The number of fused-ring (bicyclic) bond motifs is 3. The first kappa shape index (κ1) is 18.1. The standard InChI is InChI=1S/C26H21N3O/c1-28(17-19-10-4-2-5-11-19)26(30)25-24-16-22(20-12-6-3-7-13-20)21-14-8-9-15-23(21)29(24)18-27-25/h2-16,18H,17H2,1H3. The van der Waals surface area contributed by atoms with Crippen LogP contribution in [0.5, 0.6) is 0 Å². The Kier molecular flexibility index (Phi) is 4.52. The number of pyridine rings is 1. The van der Waals surface area contributed by atoms with Gasteiger partial charge in [0.2, 0.25) is 0 Å². The van der Waals surface area contributed by atoms with Crippen molar-refractivity contribution in [1.29, 1.82) is 0 Å². The van der Waals surface area contributed by atoms with Crippen molar-refractivity contribution in [3.05, 3.63) is 109 Å². The first-order chi connectivity index (χ1) is 14.7. The molecule has 2 aromatic heterocycles. The fraction of sp³-hybridized carbons (Fsp3) is 0.0769. The molecule has 5 rings (SSSR count). The lowest BCUT2D eigenvalue weighted by Gasteiger charge is -2.17. The number of benzene rings is 3. The summed E-state index contributed by atoms with van der Waals surface area (Å²) >= 11 is 0. The summed E-state index contributed by atoms with van der Waals surface area (Å²) in [6.07, 6.45) is 1.75. The molecule has 0 unspecified atom stereocenters. The van der Waals surface area contributed by atoms with Gasteiger partial charge in [-0.15, -0.1) is 0 Å². The van der Waals surface area contributed by atoms with E-state index in [2.05, 4.69) is 35.3 Å². The number of carbonyl (C=O) groups excluding carboxylic acids is 1. The van der Waals surface area contributed by atoms with Crippen LogP contribution in [0.25, 0.3) is 27.5 Å². The highest BCUT2D eigenvalue weighted by atomic mass is 16.2. The van der Waals surface area contributed by atoms with Gasteiger partial charge in [-0.1, -0.05) is 78.9 Å². The Morgan fingerprint density at radius 1 is 0.867 bits per heavy atom. The number of hydrogen-bond donors (Lipinski definition) is 0. The summed E-state index contributed by atoms with van der Waals surface area (Å²) in [7, 11) is 1.82. The number of imidazole rings is 1. The average molecular weight is 391 g/mol. The van der Waals surface area contributed by atoms with Crippen LogP contribution >= 0.6 is 0 Å². The second-order valence-corrected chi connectivity index (χ2v) is 7.44. The molecule has 30 heavy (non-hydrogen) atoms. The van der Waals surface area contributed by atoms with Crippen LogP contribution in [0, 0.1) is 0 Å². The first-order valence-electron chi connectivity index (χ1n) is 9.96. The first-order valence-corrected chi connectivity index (χ1v) is 9.96. The molecule has 2 heterocycles. The summed E-state index contributed by atoms with van der Waals surface area (Å²) in [5.74, 6) is -0.0874. The monoisotopic (exact) mass is 391 g/mol. The summed E-state index contributed by atoms with van der Waals surface area (Å²) in [5.41, 5.74) is 5.62. The zero-order valence-corrected chi connectivity index (χ0v) is 16.7. The lowest BCUT2D eigenvalue weighted by molar-refractivity contribution is 0.0782. The predicted molar refractivity (Wildman–Crippen MR) is 120 cm³/mol. The van der Waals surface area contributed by atoms with E-state index in [-0.39, 0.29) is 5.91 Å². The van der Waals surface area contributed by atoms with Gasteiger partial charge in [0.15, 0.2) is 5.69 Å². The van der Waals surface area contributed by atoms with E-state index in [1.54, 1.807) is 11.2 Å². The molecule has 0 fully saturated rings. The third-order valence-corrected chi connectivity index (χ3v) is 5.44. The topological polar surface area (TPSA) is 37.6 Å². The Balaban J connectivity index is 1.64. The largest absolute Gasteiger partial charge is 0.336 e. The molecular formula is C26H21N3O. The Labute approximate surface area is 175 Å². The highest BCUT2D eigenvalue weighted by molar-refractivity contribution is 6.04. The van der Waals surface area contributed by atoms with E-state index in [0.717, 1.165) is 33.1 Å². The van der Waals surface area contributed by atoms with Gasteiger partial charge in [0.05, 0.1) is 11.0 Å². The Morgan fingerprint density at radius 2 is 1.53 bits per heavy atom. The number of amides is 1. The van der Waals surface area contributed by atoms with Crippen LogP contribution in [0.2, 0.25) is 0 Å².